The Morgan fingerprint density at radius 2 is 1.95 bits per heavy atom. The minimum atomic E-state index is 0.0436. The molecule has 0 aliphatic rings. The summed E-state index contributed by atoms with van der Waals surface area (Å²) in [7, 11) is 0. The number of aryl methyl sites for hydroxylation is 1. The molecular formula is C15H10BrClN2O2. The highest BCUT2D eigenvalue weighted by atomic mass is 79.9. The minimum absolute atomic E-state index is 0.0436. The number of phenols is 1. The quantitative estimate of drug-likeness (QED) is 0.706. The van der Waals surface area contributed by atoms with Crippen LogP contribution in [0.2, 0.25) is 5.02 Å². The van der Waals surface area contributed by atoms with Crippen LogP contribution in [-0.4, -0.2) is 15.2 Å². The van der Waals surface area contributed by atoms with Crippen molar-refractivity contribution in [2.75, 3.05) is 0 Å². The highest BCUT2D eigenvalue weighted by Gasteiger charge is 2.15. The summed E-state index contributed by atoms with van der Waals surface area (Å²) in [4.78, 5) is 4.33. The molecule has 0 spiro atoms. The van der Waals surface area contributed by atoms with E-state index in [1.54, 1.807) is 12.1 Å². The summed E-state index contributed by atoms with van der Waals surface area (Å²) in [5.74, 6) is 0.740. The standard InChI is InChI=1S/C15H10BrClN2O2/c1-8-6-9(16)2-4-11(8)14-18-15(21-19-14)12-7-10(17)3-5-13(12)20/h2-7,20H,1H3. The molecule has 3 rings (SSSR count). The number of hydrogen-bond acceptors (Lipinski definition) is 4. The second kappa shape index (κ2) is 5.50. The fraction of sp³-hybridized carbons (Fsp3) is 0.0667. The lowest BCUT2D eigenvalue weighted by molar-refractivity contribution is 0.425. The fourth-order valence-corrected chi connectivity index (χ4v) is 2.65. The maximum Gasteiger partial charge on any atom is 0.262 e. The van der Waals surface area contributed by atoms with Gasteiger partial charge in [-0.3, -0.25) is 0 Å². The van der Waals surface area contributed by atoms with Crippen LogP contribution in [-0.2, 0) is 0 Å². The number of benzene rings is 2. The normalized spacial score (nSPS) is 10.8. The maximum atomic E-state index is 9.87. The van der Waals surface area contributed by atoms with Crippen LogP contribution in [0.1, 0.15) is 5.56 Å². The van der Waals surface area contributed by atoms with E-state index in [1.807, 2.05) is 25.1 Å². The van der Waals surface area contributed by atoms with E-state index in [1.165, 1.54) is 6.07 Å². The number of aromatic nitrogens is 2. The Morgan fingerprint density at radius 1 is 1.14 bits per heavy atom. The molecule has 0 atom stereocenters. The van der Waals surface area contributed by atoms with Crippen LogP contribution in [0.15, 0.2) is 45.4 Å². The van der Waals surface area contributed by atoms with Gasteiger partial charge in [-0.15, -0.1) is 0 Å². The van der Waals surface area contributed by atoms with Gasteiger partial charge in [0.15, 0.2) is 0 Å². The molecule has 1 N–H and O–H groups in total. The topological polar surface area (TPSA) is 59.2 Å². The van der Waals surface area contributed by atoms with E-state index >= 15 is 0 Å². The summed E-state index contributed by atoms with van der Waals surface area (Å²) in [5.41, 5.74) is 2.30. The Morgan fingerprint density at radius 3 is 2.71 bits per heavy atom. The summed E-state index contributed by atoms with van der Waals surface area (Å²) >= 11 is 9.34. The van der Waals surface area contributed by atoms with Gasteiger partial charge in [-0.2, -0.15) is 4.98 Å². The average molecular weight is 366 g/mol. The molecule has 21 heavy (non-hydrogen) atoms. The van der Waals surface area contributed by atoms with Crippen molar-refractivity contribution in [3.63, 3.8) is 0 Å². The third-order valence-corrected chi connectivity index (χ3v) is 3.77. The first-order chi connectivity index (χ1) is 10.0. The van der Waals surface area contributed by atoms with E-state index in [4.69, 9.17) is 16.1 Å². The van der Waals surface area contributed by atoms with Crippen LogP contribution in [0.4, 0.5) is 0 Å². The molecule has 0 saturated carbocycles. The zero-order valence-electron chi connectivity index (χ0n) is 11.0. The van der Waals surface area contributed by atoms with Crippen LogP contribution in [0.25, 0.3) is 22.8 Å². The van der Waals surface area contributed by atoms with Crippen molar-refractivity contribution in [3.8, 4) is 28.6 Å². The van der Waals surface area contributed by atoms with Gasteiger partial charge in [0.1, 0.15) is 5.75 Å². The van der Waals surface area contributed by atoms with Gasteiger partial charge in [0, 0.05) is 15.1 Å². The number of hydrogen-bond donors (Lipinski definition) is 1. The molecule has 6 heteroatoms. The third kappa shape index (κ3) is 2.80. The van der Waals surface area contributed by atoms with Crippen LogP contribution >= 0.6 is 27.5 Å². The molecule has 0 aliphatic carbocycles. The fourth-order valence-electron chi connectivity index (χ4n) is 2.00. The molecule has 1 aromatic heterocycles. The lowest BCUT2D eigenvalue weighted by atomic mass is 10.1. The van der Waals surface area contributed by atoms with Crippen molar-refractivity contribution in [1.82, 2.24) is 10.1 Å². The molecule has 0 saturated heterocycles. The summed E-state index contributed by atoms with van der Waals surface area (Å²) < 4.78 is 6.22. The Hall–Kier alpha value is -1.85. The highest BCUT2D eigenvalue weighted by molar-refractivity contribution is 9.10. The number of phenolic OH excluding ortho intramolecular Hbond substituents is 1. The van der Waals surface area contributed by atoms with Crippen LogP contribution in [0.3, 0.4) is 0 Å². The number of rotatable bonds is 2. The maximum absolute atomic E-state index is 9.87. The number of halogens is 2. The Bertz CT molecular complexity index is 817. The summed E-state index contributed by atoms with van der Waals surface area (Å²) in [5, 5.41) is 14.3. The first-order valence-electron chi connectivity index (χ1n) is 6.14. The van der Waals surface area contributed by atoms with Gasteiger partial charge < -0.3 is 9.63 Å². The smallest absolute Gasteiger partial charge is 0.262 e. The van der Waals surface area contributed by atoms with Crippen molar-refractivity contribution in [2.24, 2.45) is 0 Å². The largest absolute Gasteiger partial charge is 0.507 e. The molecule has 0 amide bonds. The Labute approximate surface area is 134 Å². The monoisotopic (exact) mass is 364 g/mol. The number of aromatic hydroxyl groups is 1. The van der Waals surface area contributed by atoms with E-state index in [0.29, 0.717) is 16.4 Å². The van der Waals surface area contributed by atoms with Gasteiger partial charge in [0.25, 0.3) is 5.89 Å². The zero-order chi connectivity index (χ0) is 15.0. The summed E-state index contributed by atoms with van der Waals surface area (Å²) in [6.45, 7) is 1.97. The van der Waals surface area contributed by atoms with Gasteiger partial charge in [-0.05, 0) is 48.9 Å². The van der Waals surface area contributed by atoms with Crippen LogP contribution in [0, 0.1) is 6.92 Å². The summed E-state index contributed by atoms with van der Waals surface area (Å²) in [6, 6.07) is 10.5. The Kier molecular flexibility index (Phi) is 3.69. The van der Waals surface area contributed by atoms with Crippen LogP contribution < -0.4 is 0 Å². The number of nitrogens with zero attached hydrogens (tertiary/aromatic N) is 2. The molecule has 106 valence electrons. The van der Waals surface area contributed by atoms with Gasteiger partial charge in [0.2, 0.25) is 5.82 Å². The molecule has 4 nitrogen and oxygen atoms in total. The van der Waals surface area contributed by atoms with E-state index in [2.05, 4.69) is 26.1 Å². The van der Waals surface area contributed by atoms with E-state index < -0.39 is 0 Å². The predicted molar refractivity (Wildman–Crippen MR) is 84.3 cm³/mol. The molecule has 0 unspecified atom stereocenters. The first-order valence-corrected chi connectivity index (χ1v) is 7.31. The van der Waals surface area contributed by atoms with E-state index in [-0.39, 0.29) is 11.6 Å². The minimum Gasteiger partial charge on any atom is -0.507 e. The third-order valence-electron chi connectivity index (χ3n) is 3.04. The van der Waals surface area contributed by atoms with Crippen LogP contribution in [0.5, 0.6) is 5.75 Å². The lowest BCUT2D eigenvalue weighted by Crippen LogP contribution is -1.86. The van der Waals surface area contributed by atoms with Gasteiger partial charge >= 0.3 is 0 Å². The molecule has 3 aromatic rings. The average Bonchev–Trinajstić information content (AvgIpc) is 2.91. The van der Waals surface area contributed by atoms with E-state index in [9.17, 15) is 5.11 Å². The molecule has 0 fully saturated rings. The van der Waals surface area contributed by atoms with Crippen molar-refractivity contribution >= 4 is 27.5 Å². The van der Waals surface area contributed by atoms with Gasteiger partial charge in [-0.25, -0.2) is 0 Å². The van der Waals surface area contributed by atoms with Crippen molar-refractivity contribution < 1.29 is 9.63 Å². The molecule has 1 heterocycles. The molecular weight excluding hydrogens is 356 g/mol. The van der Waals surface area contributed by atoms with E-state index in [0.717, 1.165) is 15.6 Å². The van der Waals surface area contributed by atoms with Crippen molar-refractivity contribution in [2.45, 2.75) is 6.92 Å². The second-order valence-electron chi connectivity index (χ2n) is 4.54. The first kappa shape index (κ1) is 14.1. The zero-order valence-corrected chi connectivity index (χ0v) is 13.3. The predicted octanol–water partition coefficient (Wildman–Crippen LogP) is 4.83. The molecule has 2 aromatic carbocycles. The SMILES string of the molecule is Cc1cc(Br)ccc1-c1noc(-c2cc(Cl)ccc2O)n1. The van der Waals surface area contributed by atoms with Crippen molar-refractivity contribution in [1.29, 1.82) is 0 Å². The highest BCUT2D eigenvalue weighted by Crippen LogP contribution is 2.32. The second-order valence-corrected chi connectivity index (χ2v) is 5.90. The lowest BCUT2D eigenvalue weighted by Gasteiger charge is -2.01. The molecule has 0 bridgehead atoms. The van der Waals surface area contributed by atoms with Crippen molar-refractivity contribution in [3.05, 3.63) is 51.5 Å². The van der Waals surface area contributed by atoms with Gasteiger partial charge in [0.05, 0.1) is 5.56 Å². The summed E-state index contributed by atoms with van der Waals surface area (Å²) in [6.07, 6.45) is 0. The molecule has 0 aliphatic heterocycles. The Balaban J connectivity index is 2.06. The van der Waals surface area contributed by atoms with Gasteiger partial charge in [-0.1, -0.05) is 32.7 Å². The molecule has 0 radical (unpaired) electrons.